The first-order chi connectivity index (χ1) is 31.7. The summed E-state index contributed by atoms with van der Waals surface area (Å²) in [5.41, 5.74) is 23.3. The number of aliphatic hydroxyl groups excluding tert-OH is 4. The molecule has 8 aromatic rings. The lowest BCUT2D eigenvalue weighted by molar-refractivity contribution is -0.0218. The fourth-order valence-corrected chi connectivity index (χ4v) is 12.0. The third-order valence-electron chi connectivity index (χ3n) is 15.0. The van der Waals surface area contributed by atoms with Crippen LogP contribution < -0.4 is 27.8 Å². The zero-order valence-electron chi connectivity index (χ0n) is 35.8. The van der Waals surface area contributed by atoms with Gasteiger partial charge in [0, 0.05) is 64.6 Å². The third kappa shape index (κ3) is 7.01. The van der Waals surface area contributed by atoms with Gasteiger partial charge in [0.1, 0.15) is 53.6 Å². The van der Waals surface area contributed by atoms with Crippen molar-refractivity contribution >= 4 is 93.2 Å². The molecule has 2 aliphatic carbocycles. The van der Waals surface area contributed by atoms with Gasteiger partial charge in [-0.25, -0.2) is 29.9 Å². The molecule has 340 valence electrons. The monoisotopic (exact) mass is 1020 g/mol. The predicted molar refractivity (Wildman–Crippen MR) is 259 cm³/mol. The van der Waals surface area contributed by atoms with Crippen molar-refractivity contribution in [1.82, 2.24) is 49.7 Å². The van der Waals surface area contributed by atoms with Crippen molar-refractivity contribution in [3.63, 3.8) is 0 Å². The standard InChI is InChI=1S/C24H25BrN6O2.C23H24BrN7O2/c1-12-15-4-5-31(23(15)29-11-28-12)19-9-24(21(33)20(19)32)8-18(27-10-24)14-3-2-13-6-16(25)22(26)30-17(13)7-14;24-14-5-11-1-2-12(6-15(11)30-21(14)26)16-7-23(9-27-16)8-17(18(32)19(23)33)31-4-3-13-20(25)28-10-29-22(13)31/h2-7,11,18-21,27,32-33H,8-10H2,1H3,(H2,26,30);1-6,10,16-19,27,32-33H,7-9H2,(H2,26,30)(H2,25,28,29)/t18-,19+,20-,21-,24-;16-,17+,18-,19-,23-/m00/s1. The van der Waals surface area contributed by atoms with Crippen LogP contribution in [0, 0.1) is 17.8 Å². The summed E-state index contributed by atoms with van der Waals surface area (Å²) >= 11 is 6.86. The smallest absolute Gasteiger partial charge is 0.145 e. The number of rotatable bonds is 4. The molecule has 8 heterocycles. The number of hydrogen-bond acceptors (Lipinski definition) is 15. The number of pyridine rings is 2. The Morgan fingerprint density at radius 3 is 1.58 bits per heavy atom. The van der Waals surface area contributed by atoms with Gasteiger partial charge in [0.2, 0.25) is 0 Å². The number of hydrogen-bond donors (Lipinski definition) is 9. The molecule has 66 heavy (non-hydrogen) atoms. The molecule has 0 amide bonds. The minimum Gasteiger partial charge on any atom is -0.390 e. The second-order valence-electron chi connectivity index (χ2n) is 18.7. The molecule has 10 atom stereocenters. The maximum atomic E-state index is 11.2. The van der Waals surface area contributed by atoms with Gasteiger partial charge in [-0.2, -0.15) is 0 Å². The molecule has 17 nitrogen and oxygen atoms in total. The predicted octanol–water partition coefficient (Wildman–Crippen LogP) is 5.31. The van der Waals surface area contributed by atoms with Gasteiger partial charge in [0.15, 0.2) is 0 Å². The number of nitrogen functional groups attached to an aromatic ring is 3. The summed E-state index contributed by atoms with van der Waals surface area (Å²) in [6, 6.07) is 19.7. The van der Waals surface area contributed by atoms with Crippen molar-refractivity contribution in [1.29, 1.82) is 0 Å². The van der Waals surface area contributed by atoms with Crippen molar-refractivity contribution in [2.45, 2.75) is 81.2 Å². The number of aromatic nitrogens is 8. The normalized spacial score (nSPS) is 29.6. The minimum atomic E-state index is -0.909. The van der Waals surface area contributed by atoms with Gasteiger partial charge in [0.05, 0.1) is 55.4 Å². The Bertz CT molecular complexity index is 2990. The molecule has 12 N–H and O–H groups in total. The maximum Gasteiger partial charge on any atom is 0.145 e. The first kappa shape index (κ1) is 43.2. The van der Waals surface area contributed by atoms with Crippen LogP contribution in [-0.2, 0) is 0 Å². The molecule has 2 aliphatic heterocycles. The van der Waals surface area contributed by atoms with E-state index in [4.69, 9.17) is 17.2 Å². The quantitative estimate of drug-likeness (QED) is 0.108. The van der Waals surface area contributed by atoms with Crippen molar-refractivity contribution in [3.05, 3.63) is 111 Å². The van der Waals surface area contributed by atoms with Crippen molar-refractivity contribution in [2.75, 3.05) is 30.3 Å². The summed E-state index contributed by atoms with van der Waals surface area (Å²) in [6.07, 6.45) is 6.04. The molecule has 2 spiro atoms. The number of benzene rings is 2. The van der Waals surface area contributed by atoms with E-state index in [1.807, 2.05) is 70.9 Å². The summed E-state index contributed by atoms with van der Waals surface area (Å²) in [5.74, 6) is 1.32. The molecule has 0 bridgehead atoms. The van der Waals surface area contributed by atoms with Crippen LogP contribution in [0.25, 0.3) is 43.9 Å². The Kier molecular flexibility index (Phi) is 10.6. The van der Waals surface area contributed by atoms with E-state index in [2.05, 4.69) is 90.6 Å². The zero-order chi connectivity index (χ0) is 45.8. The van der Waals surface area contributed by atoms with Gasteiger partial charge in [-0.05, 0) is 112 Å². The van der Waals surface area contributed by atoms with Gasteiger partial charge in [-0.3, -0.25) is 0 Å². The van der Waals surface area contributed by atoms with E-state index in [9.17, 15) is 20.4 Å². The molecule has 4 aliphatic rings. The van der Waals surface area contributed by atoms with E-state index >= 15 is 0 Å². The summed E-state index contributed by atoms with van der Waals surface area (Å²) < 4.78 is 5.48. The molecule has 0 radical (unpaired) electrons. The van der Waals surface area contributed by atoms with Gasteiger partial charge >= 0.3 is 0 Å². The average molecular weight is 1020 g/mol. The highest BCUT2D eigenvalue weighted by atomic mass is 79.9. The molecule has 2 saturated heterocycles. The van der Waals surface area contributed by atoms with Crippen molar-refractivity contribution in [2.24, 2.45) is 10.8 Å². The first-order valence-electron chi connectivity index (χ1n) is 22.0. The van der Waals surface area contributed by atoms with Crippen molar-refractivity contribution < 1.29 is 20.4 Å². The first-order valence-corrected chi connectivity index (χ1v) is 23.6. The minimum absolute atomic E-state index is 0.0426. The Hall–Kier alpha value is -5.38. The third-order valence-corrected chi connectivity index (χ3v) is 16.2. The van der Waals surface area contributed by atoms with Crippen LogP contribution in [0.2, 0.25) is 0 Å². The van der Waals surface area contributed by atoms with E-state index < -0.39 is 35.2 Å². The lowest BCUT2D eigenvalue weighted by atomic mass is 9.80. The highest BCUT2D eigenvalue weighted by molar-refractivity contribution is 9.11. The number of aryl methyl sites for hydroxylation is 1. The summed E-state index contributed by atoms with van der Waals surface area (Å²) in [4.78, 5) is 26.1. The molecule has 12 rings (SSSR count). The summed E-state index contributed by atoms with van der Waals surface area (Å²) in [6.45, 7) is 3.19. The van der Waals surface area contributed by atoms with E-state index in [1.165, 1.54) is 6.33 Å². The molecule has 19 heteroatoms. The van der Waals surface area contributed by atoms with Crippen LogP contribution in [0.1, 0.15) is 66.7 Å². The maximum absolute atomic E-state index is 11.2. The topological polar surface area (TPSA) is 270 Å². The SMILES string of the molecule is Cc1ncnc2c1ccn2[C@@H]1C[C@@]2(CN[C@H](c3ccc4cc(Br)c(N)nc4c3)C2)[C@@H](O)[C@H]1O.Nc1nc2cc([C@@H]3C[C@@]4(CN3)C[C@@H](n3ccc5c(N)ncnc53)[C@H](O)[C@@H]4O)ccc2cc1Br. The van der Waals surface area contributed by atoms with E-state index in [1.54, 1.807) is 6.33 Å². The molecular formula is C47H49Br2N13O4. The highest BCUT2D eigenvalue weighted by Crippen LogP contribution is 2.54. The van der Waals surface area contributed by atoms with Gasteiger partial charge in [-0.15, -0.1) is 0 Å². The van der Waals surface area contributed by atoms with Crippen LogP contribution in [0.15, 0.2) is 94.7 Å². The van der Waals surface area contributed by atoms with Crippen LogP contribution in [-0.4, -0.2) is 97.0 Å². The van der Waals surface area contributed by atoms with Crippen molar-refractivity contribution in [3.8, 4) is 0 Å². The van der Waals surface area contributed by atoms with E-state index in [0.29, 0.717) is 55.5 Å². The highest BCUT2D eigenvalue weighted by Gasteiger charge is 2.58. The van der Waals surface area contributed by atoms with E-state index in [-0.39, 0.29) is 24.2 Å². The van der Waals surface area contributed by atoms with Gasteiger partial charge in [-0.1, -0.05) is 24.3 Å². The zero-order valence-corrected chi connectivity index (χ0v) is 39.0. The Labute approximate surface area is 395 Å². The fourth-order valence-electron chi connectivity index (χ4n) is 11.4. The van der Waals surface area contributed by atoms with Crippen LogP contribution in [0.3, 0.4) is 0 Å². The molecule has 6 aromatic heterocycles. The van der Waals surface area contributed by atoms with Gasteiger partial charge < -0.3 is 57.4 Å². The Balaban J connectivity index is 0.000000146. The second kappa shape index (κ2) is 16.2. The number of nitrogens with one attached hydrogen (secondary N) is 2. The largest absolute Gasteiger partial charge is 0.390 e. The lowest BCUT2D eigenvalue weighted by Crippen LogP contribution is -2.38. The number of anilines is 3. The molecule has 2 aromatic carbocycles. The number of halogens is 2. The molecule has 0 unspecified atom stereocenters. The molecule has 4 fully saturated rings. The summed E-state index contributed by atoms with van der Waals surface area (Å²) in [5, 5.41) is 55.3. The second-order valence-corrected chi connectivity index (χ2v) is 20.4. The van der Waals surface area contributed by atoms with Crippen LogP contribution in [0.4, 0.5) is 17.5 Å². The molecular weight excluding hydrogens is 970 g/mol. The Morgan fingerprint density at radius 1 is 0.591 bits per heavy atom. The fraction of sp³-hybridized carbons (Fsp3) is 0.362. The van der Waals surface area contributed by atoms with E-state index in [0.717, 1.165) is 70.4 Å². The van der Waals surface area contributed by atoms with Crippen LogP contribution >= 0.6 is 31.9 Å². The lowest BCUT2D eigenvalue weighted by Gasteiger charge is -2.27. The van der Waals surface area contributed by atoms with Crippen LogP contribution in [0.5, 0.6) is 0 Å². The van der Waals surface area contributed by atoms with Gasteiger partial charge in [0.25, 0.3) is 0 Å². The molecule has 2 saturated carbocycles. The number of nitrogens with zero attached hydrogens (tertiary/aromatic N) is 8. The number of aliphatic hydroxyl groups is 4. The number of fused-ring (bicyclic) bond motifs is 4. The Morgan fingerprint density at radius 2 is 1.06 bits per heavy atom. The summed E-state index contributed by atoms with van der Waals surface area (Å²) in [7, 11) is 0. The average Bonchev–Trinajstić information content (AvgIpc) is 4.18. The number of nitrogens with two attached hydrogens (primary N) is 3.